The Morgan fingerprint density at radius 3 is 0.920 bits per heavy atom. The van der Waals surface area contributed by atoms with Crippen LogP contribution in [-0.4, -0.2) is 101 Å². The zero-order valence-corrected chi connectivity index (χ0v) is 89.0. The number of alkyl halides is 5. The van der Waals surface area contributed by atoms with Crippen LogP contribution in [-0.2, 0) is 53.8 Å². The first-order valence-corrected chi connectivity index (χ1v) is 51.9. The van der Waals surface area contributed by atoms with E-state index in [1.165, 1.54) is 11.1 Å². The van der Waals surface area contributed by atoms with Crippen molar-refractivity contribution < 1.29 is 44.6 Å². The summed E-state index contributed by atoms with van der Waals surface area (Å²) in [6.45, 7) is 20.6. The summed E-state index contributed by atoms with van der Waals surface area (Å²) in [6.07, 6.45) is 4.34. The van der Waals surface area contributed by atoms with Gasteiger partial charge in [-0.3, -0.25) is 5.41 Å². The van der Waals surface area contributed by atoms with E-state index < -0.39 is 19.7 Å². The average Bonchev–Trinajstić information content (AvgIpc) is 1.19. The third-order valence-electron chi connectivity index (χ3n) is 21.7. The Kier molecular flexibility index (Phi) is 45.8. The van der Waals surface area contributed by atoms with Crippen molar-refractivity contribution in [2.75, 3.05) is 73.5 Å². The van der Waals surface area contributed by atoms with Crippen LogP contribution < -0.4 is 30.0 Å². The number of halogens is 14. The molecule has 0 saturated heterocycles. The van der Waals surface area contributed by atoms with Crippen molar-refractivity contribution in [3.63, 3.8) is 0 Å². The number of rotatable bonds is 31. The van der Waals surface area contributed by atoms with Gasteiger partial charge in [0.1, 0.15) is 26.4 Å². The number of anilines is 2. The van der Waals surface area contributed by atoms with E-state index >= 15 is 0 Å². The van der Waals surface area contributed by atoms with Crippen molar-refractivity contribution in [1.82, 2.24) is 9.97 Å². The number of nitrogens with two attached hydrogens (primary N) is 1. The number of oxazole rings is 2. The smallest absolute Gasteiger partial charge is 0.198 e. The molecule has 32 heteroatoms. The molecule has 14 rings (SSSR count). The maximum atomic E-state index is 11.8. The lowest BCUT2D eigenvalue weighted by atomic mass is 9.78. The van der Waals surface area contributed by atoms with Crippen LogP contribution in [0.25, 0.3) is 0 Å². The van der Waals surface area contributed by atoms with Gasteiger partial charge in [0.25, 0.3) is 0 Å². The standard InChI is InChI=1S/C30H26Cl3NO.C22H23Cl3N2O4S.C18H19Cl3O.C17H18Cl3NO.C13H11N.C5H6ClNO3S.CH4.ClH/c1-30(2,24-19-26(32)29(27(33)20-24)35-18-17-31)23-13-15-25(16-14-23)34-28(21-9-5-3-6-10-21)22-11-7-4-8-12-22;1-22(2,15-10-17(24)20(18(25)11-15)30-9-8-23)14-4-6-16(7-5-14)26-12-19-21(27-13-31-19)32(3,28)29;1-12-4-6-13(7-5-12)18(2,3)14-10-15(20)17(16(21)11-14)22-9-8-19;1-17(2,11-3-5-13(21)6-4-11)12-9-14(19)16(15(20)10-12)22-8-7-18;14-13(11-7-3-1-4-8-11)12-9-5-2-6-10-12;1-11(8,9)5-4(2-6)10-3-7-5;;/h3-16,19-20H,17-18H2,1-2H3;4-7,10-11,13,26H,8-9,12H2,1-3H3;4-7,10-11H,8-9H2,1-3H3;3-6,9-10H,7-8,21H2,1-2H3;1-10,14H;3H,2H2,1H3;1H4;1H. The van der Waals surface area contributed by atoms with E-state index in [9.17, 15) is 16.8 Å². The van der Waals surface area contributed by atoms with Crippen molar-refractivity contribution in [1.29, 1.82) is 5.41 Å². The molecule has 16 nitrogen and oxygen atoms in total. The number of hydrogen-bond donors (Lipinski definition) is 3. The zero-order valence-electron chi connectivity index (χ0n) is 76.8. The van der Waals surface area contributed by atoms with Gasteiger partial charge < -0.3 is 38.8 Å². The van der Waals surface area contributed by atoms with E-state index in [0.29, 0.717) is 119 Å². The van der Waals surface area contributed by atoms with Crippen LogP contribution in [0.3, 0.4) is 0 Å². The number of nitrogens with zero attached hydrogens (tertiary/aromatic N) is 3. The Morgan fingerprint density at radius 2 is 0.645 bits per heavy atom. The van der Waals surface area contributed by atoms with Crippen LogP contribution in [0.5, 0.6) is 23.0 Å². The van der Waals surface area contributed by atoms with Crippen molar-refractivity contribution >= 4 is 211 Å². The molecule has 14 aromatic rings. The second-order valence-electron chi connectivity index (χ2n) is 32.8. The van der Waals surface area contributed by atoms with Crippen molar-refractivity contribution in [2.45, 2.75) is 114 Å². The van der Waals surface area contributed by atoms with Crippen LogP contribution in [0, 0.1) is 12.3 Å². The summed E-state index contributed by atoms with van der Waals surface area (Å²) < 4.78 is 77.4. The molecule has 0 atom stereocenters. The zero-order chi connectivity index (χ0) is 99.3. The normalized spacial score (nSPS) is 11.2. The van der Waals surface area contributed by atoms with E-state index in [2.05, 4.69) is 138 Å². The van der Waals surface area contributed by atoms with Gasteiger partial charge >= 0.3 is 0 Å². The summed E-state index contributed by atoms with van der Waals surface area (Å²) in [5, 5.41) is 14.8. The first kappa shape index (κ1) is 116. The fourth-order valence-corrected chi connectivity index (χ4v) is 18.3. The van der Waals surface area contributed by atoms with Gasteiger partial charge in [0.2, 0.25) is 0 Å². The minimum Gasteiger partial charge on any atom is -0.489 e. The van der Waals surface area contributed by atoms with Gasteiger partial charge in [-0.15, -0.1) is 70.4 Å². The Balaban J connectivity index is 0.000000233. The highest BCUT2D eigenvalue weighted by molar-refractivity contribution is 7.91. The number of aromatic nitrogens is 2. The van der Waals surface area contributed by atoms with Crippen molar-refractivity contribution in [2.24, 2.45) is 4.99 Å². The molecule has 12 aromatic carbocycles. The predicted molar refractivity (Wildman–Crippen MR) is 581 cm³/mol. The van der Waals surface area contributed by atoms with Crippen LogP contribution in [0.1, 0.15) is 147 Å². The Hall–Kier alpha value is -8.84. The van der Waals surface area contributed by atoms with Crippen molar-refractivity contribution in [3.05, 3.63) is 404 Å². The van der Waals surface area contributed by atoms with Gasteiger partial charge in [0, 0.05) is 56.7 Å². The lowest BCUT2D eigenvalue weighted by Crippen LogP contribution is -2.19. The second-order valence-corrected chi connectivity index (χ2v) is 41.7. The fourth-order valence-electron chi connectivity index (χ4n) is 13.8. The Morgan fingerprint density at radius 1 is 0.384 bits per heavy atom. The number of nitrogen functional groups attached to an aromatic ring is 1. The molecule has 0 radical (unpaired) electrons. The lowest BCUT2D eigenvalue weighted by molar-refractivity contribution is 0.343. The van der Waals surface area contributed by atoms with Crippen LogP contribution in [0.4, 0.5) is 17.1 Å². The van der Waals surface area contributed by atoms with E-state index in [0.717, 1.165) is 109 Å². The molecular formula is C106H108Cl14N6O10S2. The monoisotopic (exact) mass is 2180 g/mol. The van der Waals surface area contributed by atoms with E-state index in [1.807, 2.05) is 206 Å². The minimum atomic E-state index is -3.45. The van der Waals surface area contributed by atoms with E-state index in [4.69, 9.17) is 195 Å². The van der Waals surface area contributed by atoms with Gasteiger partial charge in [-0.2, -0.15) is 0 Å². The summed E-state index contributed by atoms with van der Waals surface area (Å²) in [5.74, 6) is 3.80. The van der Waals surface area contributed by atoms with Crippen molar-refractivity contribution in [3.8, 4) is 23.0 Å². The predicted octanol–water partition coefficient (Wildman–Crippen LogP) is 31.8. The maximum Gasteiger partial charge on any atom is 0.198 e. The van der Waals surface area contributed by atoms with Gasteiger partial charge in [-0.1, -0.05) is 343 Å². The first-order valence-electron chi connectivity index (χ1n) is 42.4. The molecule has 0 aliphatic heterocycles. The van der Waals surface area contributed by atoms with Crippen LogP contribution in [0.15, 0.2) is 304 Å². The second kappa shape index (κ2) is 54.4. The molecule has 732 valence electrons. The first-order chi connectivity index (χ1) is 64.6. The molecule has 0 aliphatic rings. The average molecular weight is 2190 g/mol. The molecule has 0 unspecified atom stereocenters. The highest BCUT2D eigenvalue weighted by Gasteiger charge is 2.31. The third kappa shape index (κ3) is 32.3. The van der Waals surface area contributed by atoms with E-state index in [1.54, 1.807) is 0 Å². The number of nitrogens with one attached hydrogen (secondary N) is 2. The van der Waals surface area contributed by atoms with E-state index in [-0.39, 0.29) is 75.5 Å². The number of ether oxygens (including phenoxy) is 4. The Bertz CT molecular complexity index is 6240. The summed E-state index contributed by atoms with van der Waals surface area (Å²) in [7, 11) is -6.74. The summed E-state index contributed by atoms with van der Waals surface area (Å²) in [5.41, 5.74) is 22.3. The fraction of sp³-hybridized carbons (Fsp3) is 0.245. The molecule has 0 bridgehead atoms. The molecule has 4 N–H and O–H groups in total. The number of benzene rings is 12. The number of aryl methyl sites for hydroxylation is 1. The molecule has 2 heterocycles. The van der Waals surface area contributed by atoms with Crippen LogP contribution >= 0.6 is 163 Å². The lowest BCUT2D eigenvalue weighted by Gasteiger charge is -2.27. The maximum absolute atomic E-state index is 11.8. The molecular weight excluding hydrogens is 2080 g/mol. The highest BCUT2D eigenvalue weighted by Crippen LogP contribution is 2.46. The third-order valence-corrected chi connectivity index (χ3v) is 26.9. The molecule has 0 amide bonds. The number of sulfone groups is 2. The SMILES string of the molecule is C.CC(C)(c1ccc(N)cc1)c1cc(Cl)c(OCCCl)c(Cl)c1.CC(C)(c1ccc(N=C(c2ccccc2)c2ccccc2)cc1)c1cc(Cl)c(OCCCl)c(Cl)c1.CC(C)(c1ccc(NCc2ocnc2S(C)(=O)=O)cc1)c1cc(Cl)c(OCCCl)c(Cl)c1.CS(=O)(=O)c1ncoc1CCl.Cc1ccc(C(C)(C)c2cc(Cl)c(OCCCl)c(Cl)c2)cc1.Cl.N=C(c1ccccc1)c1ccccc1. The summed E-state index contributed by atoms with van der Waals surface area (Å²) >= 11 is 79.2. The van der Waals surface area contributed by atoms with Gasteiger partial charge in [-0.25, -0.2) is 31.8 Å². The molecule has 2 aromatic heterocycles. The number of hydrogen-bond acceptors (Lipinski definition) is 16. The summed E-state index contributed by atoms with van der Waals surface area (Å²) in [6, 6.07) is 87.5. The largest absolute Gasteiger partial charge is 0.489 e. The highest BCUT2D eigenvalue weighted by atomic mass is 35.5. The topological polar surface area (TPSA) is 232 Å². The van der Waals surface area contributed by atoms with Crippen LogP contribution in [0.2, 0.25) is 40.2 Å². The quantitative estimate of drug-likeness (QED) is 0.0208. The van der Waals surface area contributed by atoms with Gasteiger partial charge in [-0.05, 0) is 147 Å². The Labute approximate surface area is 882 Å². The molecule has 0 aliphatic carbocycles. The molecule has 0 saturated carbocycles. The molecule has 138 heavy (non-hydrogen) atoms. The summed E-state index contributed by atoms with van der Waals surface area (Å²) in [4.78, 5) is 12.3. The minimum absolute atomic E-state index is 0. The van der Waals surface area contributed by atoms with Gasteiger partial charge in [0.05, 0.1) is 93.2 Å². The number of aliphatic imine (C=N–C) groups is 1. The van der Waals surface area contributed by atoms with Gasteiger partial charge in [0.15, 0.2) is 77.0 Å². The molecule has 0 fully saturated rings. The molecule has 0 spiro atoms.